The van der Waals surface area contributed by atoms with Crippen LogP contribution in [0.3, 0.4) is 0 Å². The smallest absolute Gasteiger partial charge is 0.360 e. The van der Waals surface area contributed by atoms with Crippen molar-refractivity contribution in [2.45, 2.75) is 43.8 Å². The Balaban J connectivity index is 2.23. The number of benzene rings is 1. The third-order valence-electron chi connectivity index (χ3n) is 4.54. The van der Waals surface area contributed by atoms with Gasteiger partial charge in [-0.15, -0.1) is 0 Å². The number of aliphatic imine (C=N–C) groups is 1. The summed E-state index contributed by atoms with van der Waals surface area (Å²) in [6.45, 7) is 3.75. The fourth-order valence-corrected chi connectivity index (χ4v) is 3.72. The summed E-state index contributed by atoms with van der Waals surface area (Å²) in [5, 5.41) is 0. The third kappa shape index (κ3) is 1.76. The number of rotatable bonds is 5. The first-order valence-corrected chi connectivity index (χ1v) is 7.66. The van der Waals surface area contributed by atoms with Crippen LogP contribution in [0.2, 0.25) is 0 Å². The van der Waals surface area contributed by atoms with Crippen LogP contribution >= 0.6 is 0 Å². The van der Waals surface area contributed by atoms with Gasteiger partial charge in [0.2, 0.25) is 11.1 Å². The SMILES string of the molecule is CCC[C@@]12N=C(C)O[C@]1(OC)O[C@]2(C(=O)OC)c1ccccc1. The van der Waals surface area contributed by atoms with Crippen molar-refractivity contribution in [3.8, 4) is 0 Å². The maximum Gasteiger partial charge on any atom is 0.360 e. The maximum absolute atomic E-state index is 12.8. The highest BCUT2D eigenvalue weighted by Crippen LogP contribution is 2.64. The number of fused-ring (bicyclic) bond motifs is 1. The number of carbonyl (C=O) groups excluding carboxylic acids is 1. The van der Waals surface area contributed by atoms with Crippen molar-refractivity contribution < 1.29 is 23.7 Å². The van der Waals surface area contributed by atoms with E-state index in [9.17, 15) is 4.79 Å². The van der Waals surface area contributed by atoms with Crippen LogP contribution in [0, 0.1) is 0 Å². The molecule has 0 aliphatic carbocycles. The second kappa shape index (κ2) is 5.32. The number of nitrogens with zero attached hydrogens (tertiary/aromatic N) is 1. The van der Waals surface area contributed by atoms with E-state index < -0.39 is 23.1 Å². The highest BCUT2D eigenvalue weighted by Gasteiger charge is 2.86. The van der Waals surface area contributed by atoms with E-state index in [0.29, 0.717) is 17.9 Å². The van der Waals surface area contributed by atoms with Gasteiger partial charge in [-0.1, -0.05) is 43.7 Å². The largest absolute Gasteiger partial charge is 0.467 e. The van der Waals surface area contributed by atoms with Crippen molar-refractivity contribution in [3.63, 3.8) is 0 Å². The zero-order chi connectivity index (χ0) is 16.7. The lowest BCUT2D eigenvalue weighted by atomic mass is 9.65. The minimum Gasteiger partial charge on any atom is -0.467 e. The Bertz CT molecular complexity index is 646. The Labute approximate surface area is 135 Å². The molecule has 6 heteroatoms. The van der Waals surface area contributed by atoms with Crippen LogP contribution in [0.25, 0.3) is 0 Å². The van der Waals surface area contributed by atoms with E-state index in [4.69, 9.17) is 18.9 Å². The average molecular weight is 319 g/mol. The molecule has 0 aromatic heterocycles. The highest BCUT2D eigenvalue weighted by molar-refractivity contribution is 5.88. The van der Waals surface area contributed by atoms with E-state index >= 15 is 0 Å². The summed E-state index contributed by atoms with van der Waals surface area (Å²) in [7, 11) is 2.83. The van der Waals surface area contributed by atoms with Gasteiger partial charge >= 0.3 is 11.9 Å². The van der Waals surface area contributed by atoms with E-state index in [1.165, 1.54) is 14.2 Å². The molecule has 0 radical (unpaired) electrons. The average Bonchev–Trinajstić information content (AvgIpc) is 2.79. The van der Waals surface area contributed by atoms with Gasteiger partial charge < -0.3 is 14.2 Å². The predicted octanol–water partition coefficient (Wildman–Crippen LogP) is 2.37. The number of esters is 1. The van der Waals surface area contributed by atoms with Crippen molar-refractivity contribution in [2.75, 3.05) is 14.2 Å². The first kappa shape index (κ1) is 16.0. The second-order valence-electron chi connectivity index (χ2n) is 5.74. The van der Waals surface area contributed by atoms with Crippen LogP contribution in [-0.2, 0) is 29.3 Å². The quantitative estimate of drug-likeness (QED) is 0.780. The molecular formula is C17H21NO5. The molecule has 2 aliphatic rings. The minimum atomic E-state index is -1.39. The Morgan fingerprint density at radius 2 is 1.96 bits per heavy atom. The van der Waals surface area contributed by atoms with Crippen LogP contribution in [0.4, 0.5) is 0 Å². The molecule has 0 N–H and O–H groups in total. The molecule has 2 aliphatic heterocycles. The Kier molecular flexibility index (Phi) is 3.69. The van der Waals surface area contributed by atoms with Crippen LogP contribution < -0.4 is 0 Å². The molecule has 1 saturated heterocycles. The molecular weight excluding hydrogens is 298 g/mol. The van der Waals surface area contributed by atoms with Gasteiger partial charge in [0.05, 0.1) is 7.11 Å². The standard InChI is InChI=1S/C17H21NO5/c1-5-11-15-16(14(19)20-3,13-9-7-6-8-10-13)23-17(15,21-4)22-12(2)18-15/h6-10H,5,11H2,1-4H3/t15-,16-,17-/m0/s1. The zero-order valence-corrected chi connectivity index (χ0v) is 13.8. The van der Waals surface area contributed by atoms with Gasteiger partial charge in [-0.25, -0.2) is 9.79 Å². The molecule has 124 valence electrons. The fraction of sp³-hybridized carbons (Fsp3) is 0.529. The van der Waals surface area contributed by atoms with Gasteiger partial charge in [0, 0.05) is 14.0 Å². The summed E-state index contributed by atoms with van der Waals surface area (Å²) in [4.78, 5) is 17.4. The molecule has 1 aromatic carbocycles. The van der Waals surface area contributed by atoms with Gasteiger partial charge in [0.15, 0.2) is 5.90 Å². The normalized spacial score (nSPS) is 34.9. The lowest BCUT2D eigenvalue weighted by Crippen LogP contribution is -2.81. The molecule has 3 rings (SSSR count). The van der Waals surface area contributed by atoms with E-state index in [1.807, 2.05) is 37.3 Å². The number of carbonyl (C=O) groups is 1. The highest BCUT2D eigenvalue weighted by atomic mass is 16.9. The van der Waals surface area contributed by atoms with Crippen molar-refractivity contribution >= 4 is 11.9 Å². The molecule has 6 nitrogen and oxygen atoms in total. The van der Waals surface area contributed by atoms with Crippen molar-refractivity contribution in [1.82, 2.24) is 0 Å². The Hall–Kier alpha value is -1.92. The Morgan fingerprint density at radius 1 is 1.26 bits per heavy atom. The van der Waals surface area contributed by atoms with Crippen LogP contribution in [0.5, 0.6) is 0 Å². The van der Waals surface area contributed by atoms with Gasteiger partial charge in [-0.2, -0.15) is 0 Å². The van der Waals surface area contributed by atoms with Gasteiger partial charge in [-0.05, 0) is 12.0 Å². The van der Waals surface area contributed by atoms with Crippen molar-refractivity contribution in [1.29, 1.82) is 0 Å². The monoisotopic (exact) mass is 319 g/mol. The van der Waals surface area contributed by atoms with Gasteiger partial charge in [0.1, 0.15) is 0 Å². The summed E-state index contributed by atoms with van der Waals surface area (Å²) in [6.07, 6.45) is 1.34. The van der Waals surface area contributed by atoms with Crippen LogP contribution in [0.1, 0.15) is 32.3 Å². The third-order valence-corrected chi connectivity index (χ3v) is 4.54. The van der Waals surface area contributed by atoms with E-state index in [2.05, 4.69) is 4.99 Å². The molecule has 0 spiro atoms. The summed E-state index contributed by atoms with van der Waals surface area (Å²) in [5.74, 6) is -1.47. The topological polar surface area (TPSA) is 66.3 Å². The minimum absolute atomic E-state index is 0.432. The predicted molar refractivity (Wildman–Crippen MR) is 82.8 cm³/mol. The second-order valence-corrected chi connectivity index (χ2v) is 5.74. The lowest BCUT2D eigenvalue weighted by molar-refractivity contribution is -0.491. The molecule has 0 bridgehead atoms. The van der Waals surface area contributed by atoms with Crippen LogP contribution in [-0.4, -0.2) is 37.6 Å². The number of ether oxygens (including phenoxy) is 4. The summed E-state index contributed by atoms with van der Waals surface area (Å²) < 4.78 is 22.3. The molecule has 3 atom stereocenters. The first-order valence-electron chi connectivity index (χ1n) is 7.66. The summed E-state index contributed by atoms with van der Waals surface area (Å²) >= 11 is 0. The van der Waals surface area contributed by atoms with E-state index in [0.717, 1.165) is 6.42 Å². The van der Waals surface area contributed by atoms with Crippen molar-refractivity contribution in [3.05, 3.63) is 35.9 Å². The van der Waals surface area contributed by atoms with Crippen LogP contribution in [0.15, 0.2) is 35.3 Å². The summed E-state index contributed by atoms with van der Waals surface area (Å²) in [6, 6.07) is 9.24. The van der Waals surface area contributed by atoms with Crippen molar-refractivity contribution in [2.24, 2.45) is 4.99 Å². The fourth-order valence-electron chi connectivity index (χ4n) is 3.72. The van der Waals surface area contributed by atoms with E-state index in [1.54, 1.807) is 6.92 Å². The van der Waals surface area contributed by atoms with Gasteiger partial charge in [0.25, 0.3) is 0 Å². The molecule has 1 aromatic rings. The molecule has 1 fully saturated rings. The number of hydrogen-bond acceptors (Lipinski definition) is 6. The lowest BCUT2D eigenvalue weighted by Gasteiger charge is -2.60. The molecule has 0 unspecified atom stereocenters. The molecule has 23 heavy (non-hydrogen) atoms. The van der Waals surface area contributed by atoms with Gasteiger partial charge in [-0.3, -0.25) is 4.74 Å². The molecule has 0 saturated carbocycles. The van der Waals surface area contributed by atoms with E-state index in [-0.39, 0.29) is 0 Å². The Morgan fingerprint density at radius 3 is 2.52 bits per heavy atom. The first-order chi connectivity index (χ1) is 11.0. The molecule has 0 amide bonds. The maximum atomic E-state index is 12.8. The number of hydrogen-bond donors (Lipinski definition) is 0. The molecule has 2 heterocycles. The number of methoxy groups -OCH3 is 2. The zero-order valence-electron chi connectivity index (χ0n) is 13.8. The summed E-state index contributed by atoms with van der Waals surface area (Å²) in [5.41, 5.74) is -1.72.